The van der Waals surface area contributed by atoms with E-state index in [1.54, 1.807) is 0 Å². The van der Waals surface area contributed by atoms with E-state index < -0.39 is 28.0 Å². The van der Waals surface area contributed by atoms with Crippen molar-refractivity contribution in [3.63, 3.8) is 0 Å². The van der Waals surface area contributed by atoms with Gasteiger partial charge >= 0.3 is 6.36 Å². The second kappa shape index (κ2) is 7.80. The van der Waals surface area contributed by atoms with Crippen LogP contribution >= 0.6 is 11.3 Å². The van der Waals surface area contributed by atoms with Gasteiger partial charge in [0.1, 0.15) is 16.4 Å². The first-order valence-electron chi connectivity index (χ1n) is 9.11. The number of halogens is 3. The van der Waals surface area contributed by atoms with E-state index >= 15 is 0 Å². The van der Waals surface area contributed by atoms with E-state index in [1.807, 2.05) is 0 Å². The fourth-order valence-electron chi connectivity index (χ4n) is 3.22. The average molecular weight is 475 g/mol. The number of thiazole rings is 1. The van der Waals surface area contributed by atoms with Gasteiger partial charge in [0.05, 0.1) is 10.2 Å². The predicted molar refractivity (Wildman–Crippen MR) is 106 cm³/mol. The monoisotopic (exact) mass is 475 g/mol. The highest BCUT2D eigenvalue weighted by atomic mass is 32.2. The minimum atomic E-state index is -4.82. The fourth-order valence-corrected chi connectivity index (χ4v) is 5.78. The molecule has 0 spiro atoms. The number of amides is 1. The summed E-state index contributed by atoms with van der Waals surface area (Å²) in [5, 5.41) is 2.59. The van der Waals surface area contributed by atoms with Gasteiger partial charge in [-0.25, -0.2) is 13.4 Å². The summed E-state index contributed by atoms with van der Waals surface area (Å²) in [6.45, 7) is 2.29. The molecule has 2 aromatic heterocycles. The van der Waals surface area contributed by atoms with Crippen LogP contribution in [0.1, 0.15) is 29.2 Å². The van der Waals surface area contributed by atoms with Crippen LogP contribution in [0.4, 0.5) is 18.3 Å². The van der Waals surface area contributed by atoms with Gasteiger partial charge in [-0.2, -0.15) is 4.31 Å². The number of furan rings is 1. The summed E-state index contributed by atoms with van der Waals surface area (Å²) in [5.41, 5.74) is 0.364. The van der Waals surface area contributed by atoms with Crippen LogP contribution in [-0.2, 0) is 10.0 Å². The third-order valence-corrected chi connectivity index (χ3v) is 7.53. The molecule has 31 heavy (non-hydrogen) atoms. The van der Waals surface area contributed by atoms with Crippen molar-refractivity contribution >= 4 is 42.6 Å². The van der Waals surface area contributed by atoms with E-state index in [0.29, 0.717) is 23.3 Å². The molecule has 1 aliphatic heterocycles. The van der Waals surface area contributed by atoms with E-state index in [1.165, 1.54) is 23.4 Å². The molecule has 8 nitrogen and oxygen atoms in total. The molecule has 1 aromatic carbocycles. The fraction of sp³-hybridized carbons (Fsp3) is 0.333. The third-order valence-electron chi connectivity index (χ3n) is 4.59. The maximum absolute atomic E-state index is 12.7. The van der Waals surface area contributed by atoms with Crippen molar-refractivity contribution in [2.75, 3.05) is 18.4 Å². The smallest absolute Gasteiger partial charge is 0.455 e. The lowest BCUT2D eigenvalue weighted by Gasteiger charge is -2.14. The Kier molecular flexibility index (Phi) is 5.43. The number of aromatic nitrogens is 1. The lowest BCUT2D eigenvalue weighted by atomic mass is 10.3. The van der Waals surface area contributed by atoms with E-state index in [0.717, 1.165) is 36.3 Å². The van der Waals surface area contributed by atoms with Crippen LogP contribution in [0.5, 0.6) is 5.75 Å². The number of aryl methyl sites for hydroxylation is 1. The zero-order valence-corrected chi connectivity index (χ0v) is 17.7. The zero-order chi connectivity index (χ0) is 22.4. The zero-order valence-electron chi connectivity index (χ0n) is 16.0. The first-order valence-corrected chi connectivity index (χ1v) is 11.4. The van der Waals surface area contributed by atoms with Crippen LogP contribution in [0.25, 0.3) is 10.2 Å². The summed E-state index contributed by atoms with van der Waals surface area (Å²) in [7, 11) is -3.75. The Bertz CT molecular complexity index is 1240. The van der Waals surface area contributed by atoms with Crippen LogP contribution in [0.15, 0.2) is 33.6 Å². The molecule has 0 atom stereocenters. The van der Waals surface area contributed by atoms with Gasteiger partial charge in [-0.15, -0.1) is 13.2 Å². The number of hydrogen-bond donors (Lipinski definition) is 1. The number of anilines is 1. The van der Waals surface area contributed by atoms with Gasteiger partial charge < -0.3 is 9.15 Å². The average Bonchev–Trinajstić information content (AvgIpc) is 3.39. The molecule has 0 radical (unpaired) electrons. The molecule has 0 bridgehead atoms. The Morgan fingerprint density at radius 3 is 2.65 bits per heavy atom. The van der Waals surface area contributed by atoms with Gasteiger partial charge in [0, 0.05) is 25.2 Å². The number of alkyl halides is 3. The number of rotatable bonds is 5. The van der Waals surface area contributed by atoms with Crippen LogP contribution in [-0.4, -0.2) is 43.1 Å². The summed E-state index contributed by atoms with van der Waals surface area (Å²) < 4.78 is 73.5. The highest BCUT2D eigenvalue weighted by molar-refractivity contribution is 7.89. The molecular formula is C18H16F3N3O5S2. The first-order chi connectivity index (χ1) is 14.5. The minimum absolute atomic E-state index is 0.0715. The summed E-state index contributed by atoms with van der Waals surface area (Å²) in [6, 6.07) is 4.78. The number of carbonyl (C=O) groups excluding carboxylic acids is 1. The van der Waals surface area contributed by atoms with Crippen molar-refractivity contribution in [1.29, 1.82) is 0 Å². The van der Waals surface area contributed by atoms with Crippen molar-refractivity contribution in [2.45, 2.75) is 31.0 Å². The molecule has 0 saturated carbocycles. The summed E-state index contributed by atoms with van der Waals surface area (Å²) in [6.07, 6.45) is -3.27. The van der Waals surface area contributed by atoms with E-state index in [4.69, 9.17) is 4.42 Å². The van der Waals surface area contributed by atoms with Gasteiger partial charge in [0.15, 0.2) is 10.9 Å². The van der Waals surface area contributed by atoms with Crippen LogP contribution in [0, 0.1) is 6.92 Å². The number of ether oxygens (including phenoxy) is 1. The van der Waals surface area contributed by atoms with Crippen molar-refractivity contribution in [3.8, 4) is 5.75 Å². The summed E-state index contributed by atoms with van der Waals surface area (Å²) in [4.78, 5) is 16.6. The second-order valence-electron chi connectivity index (χ2n) is 6.79. The lowest BCUT2D eigenvalue weighted by molar-refractivity contribution is -0.274. The summed E-state index contributed by atoms with van der Waals surface area (Å²) >= 11 is 0.939. The van der Waals surface area contributed by atoms with Crippen molar-refractivity contribution in [2.24, 2.45) is 0 Å². The Hall–Kier alpha value is -2.64. The van der Waals surface area contributed by atoms with Gasteiger partial charge in [0.25, 0.3) is 5.91 Å². The summed E-state index contributed by atoms with van der Waals surface area (Å²) in [5.74, 6) is -1.25. The number of fused-ring (bicyclic) bond motifs is 1. The Morgan fingerprint density at radius 1 is 1.26 bits per heavy atom. The SMILES string of the molecule is Cc1oc(C(=O)Nc2nc3ccc(OC(F)(F)F)cc3s2)cc1S(=O)(=O)N1CCCC1. The molecule has 3 heterocycles. The van der Waals surface area contributed by atoms with Crippen molar-refractivity contribution < 1.29 is 35.5 Å². The molecule has 13 heteroatoms. The molecule has 1 amide bonds. The first kappa shape index (κ1) is 21.6. The molecule has 0 unspecified atom stereocenters. The number of nitrogens with one attached hydrogen (secondary N) is 1. The van der Waals surface area contributed by atoms with Crippen molar-refractivity contribution in [1.82, 2.24) is 9.29 Å². The molecule has 1 saturated heterocycles. The molecule has 166 valence electrons. The van der Waals surface area contributed by atoms with E-state index in [9.17, 15) is 26.4 Å². The molecule has 3 aromatic rings. The molecule has 1 aliphatic rings. The highest BCUT2D eigenvalue weighted by Gasteiger charge is 2.32. The minimum Gasteiger partial charge on any atom is -0.455 e. The number of benzene rings is 1. The van der Waals surface area contributed by atoms with Crippen LogP contribution in [0.3, 0.4) is 0 Å². The molecule has 1 N–H and O–H groups in total. The Balaban J connectivity index is 1.54. The molecule has 0 aliphatic carbocycles. The highest BCUT2D eigenvalue weighted by Crippen LogP contribution is 2.32. The molecular weight excluding hydrogens is 459 g/mol. The van der Waals surface area contributed by atoms with Crippen LogP contribution in [0.2, 0.25) is 0 Å². The van der Waals surface area contributed by atoms with E-state index in [2.05, 4.69) is 15.0 Å². The maximum atomic E-state index is 12.7. The number of carbonyl (C=O) groups is 1. The van der Waals surface area contributed by atoms with Gasteiger partial charge in [0.2, 0.25) is 10.0 Å². The quantitative estimate of drug-likeness (QED) is 0.595. The largest absolute Gasteiger partial charge is 0.573 e. The molecule has 4 rings (SSSR count). The van der Waals surface area contributed by atoms with E-state index in [-0.39, 0.29) is 21.5 Å². The Morgan fingerprint density at radius 2 is 1.97 bits per heavy atom. The van der Waals surface area contributed by atoms with Gasteiger partial charge in [-0.05, 0) is 31.9 Å². The number of hydrogen-bond acceptors (Lipinski definition) is 7. The molecule has 1 fully saturated rings. The van der Waals surface area contributed by atoms with Gasteiger partial charge in [-0.1, -0.05) is 11.3 Å². The topological polar surface area (TPSA) is 102 Å². The van der Waals surface area contributed by atoms with Crippen molar-refractivity contribution in [3.05, 3.63) is 35.8 Å². The third kappa shape index (κ3) is 4.52. The van der Waals surface area contributed by atoms with Crippen LogP contribution < -0.4 is 10.1 Å². The number of sulfonamides is 1. The number of nitrogens with zero attached hydrogens (tertiary/aromatic N) is 2. The normalized spacial score (nSPS) is 15.5. The lowest BCUT2D eigenvalue weighted by Crippen LogP contribution is -2.28. The van der Waals surface area contributed by atoms with Gasteiger partial charge in [-0.3, -0.25) is 10.1 Å². The predicted octanol–water partition coefficient (Wildman–Crippen LogP) is 4.13. The standard InChI is InChI=1S/C18H16F3N3O5S2/c1-10-15(31(26,27)24-6-2-3-7-24)9-13(28-10)16(25)23-17-22-12-5-4-11(8-14(12)30-17)29-18(19,20)21/h4-5,8-9H,2-3,6-7H2,1H3,(H,22,23,25). The second-order valence-corrected chi connectivity index (χ2v) is 9.73. The Labute approximate surface area is 178 Å². The maximum Gasteiger partial charge on any atom is 0.573 e.